The Morgan fingerprint density at radius 3 is 1.82 bits per heavy atom. The summed E-state index contributed by atoms with van der Waals surface area (Å²) in [5, 5.41) is 11.1. The minimum atomic E-state index is -3.15. The molecule has 1 N–H and O–H groups in total. The first-order valence-electron chi connectivity index (χ1n) is 20.7. The van der Waals surface area contributed by atoms with Crippen molar-refractivity contribution in [3.63, 3.8) is 0 Å². The van der Waals surface area contributed by atoms with Crippen LogP contribution in [0.3, 0.4) is 0 Å². The molecule has 11 rings (SSSR count). The zero-order valence-electron chi connectivity index (χ0n) is 34.2. The van der Waals surface area contributed by atoms with E-state index in [1.807, 2.05) is 34.5 Å². The molecule has 0 fully saturated rings. The van der Waals surface area contributed by atoms with Gasteiger partial charge in [-0.1, -0.05) is 138 Å². The molecule has 0 spiro atoms. The molecule has 7 heteroatoms. The van der Waals surface area contributed by atoms with E-state index in [9.17, 15) is 0 Å². The molecule has 62 heavy (non-hydrogen) atoms. The van der Waals surface area contributed by atoms with Crippen LogP contribution in [0.25, 0.3) is 38.8 Å². The molecule has 8 aromatic carbocycles. The molecule has 10 aromatic rings. The van der Waals surface area contributed by atoms with Crippen molar-refractivity contribution in [2.75, 3.05) is 10.1 Å². The van der Waals surface area contributed by atoms with Crippen molar-refractivity contribution in [1.29, 1.82) is 0 Å². The summed E-state index contributed by atoms with van der Waals surface area (Å²) < 4.78 is 2.30. The molecule has 0 amide bonds. The second-order valence-corrected chi connectivity index (χ2v) is 19.4. The number of aryl methyl sites for hydroxylation is 2. The van der Waals surface area contributed by atoms with E-state index < -0.39 is 8.07 Å². The molecule has 0 unspecified atom stereocenters. The monoisotopic (exact) mass is 996 g/mol. The third-order valence-corrected chi connectivity index (χ3v) is 16.7. The number of aromatic nitrogens is 2. The quantitative estimate of drug-likeness (QED) is 0.0659. The maximum atomic E-state index is 5.22. The van der Waals surface area contributed by atoms with Gasteiger partial charge in [0.15, 0.2) is 0 Å². The van der Waals surface area contributed by atoms with Crippen LogP contribution in [-0.4, -0.2) is 22.6 Å². The van der Waals surface area contributed by atoms with Crippen LogP contribution in [-0.2, 0) is 21.1 Å². The fourth-order valence-corrected chi connectivity index (χ4v) is 13.9. The zero-order chi connectivity index (χ0) is 40.9. The maximum absolute atomic E-state index is 5.22. The van der Waals surface area contributed by atoms with Gasteiger partial charge in [0.25, 0.3) is 0 Å². The summed E-state index contributed by atoms with van der Waals surface area (Å²) in [6.07, 6.45) is 1.94. The van der Waals surface area contributed by atoms with Crippen LogP contribution in [0.4, 0.5) is 22.7 Å². The van der Waals surface area contributed by atoms with Crippen molar-refractivity contribution in [3.05, 3.63) is 230 Å². The summed E-state index contributed by atoms with van der Waals surface area (Å²) in [7, 11) is -3.15. The first kappa shape index (κ1) is 39.3. The Bertz CT molecular complexity index is 3170. The summed E-state index contributed by atoms with van der Waals surface area (Å²) in [4.78, 5) is 10.3. The maximum Gasteiger partial charge on any atom is 0.148 e. The Kier molecular flexibility index (Phi) is 10.3. The molecule has 0 saturated heterocycles. The number of hydrogen-bond donors (Lipinski definition) is 0. The van der Waals surface area contributed by atoms with Gasteiger partial charge in [0.05, 0.1) is 0 Å². The molecule has 1 aliphatic rings. The topological polar surface area (TPSA) is 37.1 Å². The average Bonchev–Trinajstić information content (AvgIpc) is 3.87. The number of benzene rings is 8. The Hall–Kier alpha value is -6.82. The second-order valence-electron chi connectivity index (χ2n) is 15.6. The molecular formula is C55H41N4OPtSi-. The first-order chi connectivity index (χ1) is 30.1. The van der Waals surface area contributed by atoms with Crippen LogP contribution in [0.15, 0.2) is 206 Å². The van der Waals surface area contributed by atoms with E-state index in [0.717, 1.165) is 66.3 Å². The van der Waals surface area contributed by atoms with E-state index in [-0.39, 0.29) is 21.1 Å². The van der Waals surface area contributed by atoms with Crippen molar-refractivity contribution in [3.8, 4) is 16.9 Å². The molecule has 0 atom stereocenters. The number of pyridine rings is 1. The number of fused-ring (bicyclic) bond motifs is 4. The van der Waals surface area contributed by atoms with E-state index >= 15 is 0 Å². The predicted octanol–water partition coefficient (Wildman–Crippen LogP) is 10.6. The SMILES string of the molecule is Cc1cccc(C)c1-c1ccnc(-n2c3[c-]c([Si](c4[c-]c(N5[OH+]N(c6ccccc6)c6ccccc65)ccc4)(c4ccccc4)c4ccccc4)ccc3c3ccccc32)c1.[Pt]. The number of hydrogen-bond acceptors (Lipinski definition) is 3. The van der Waals surface area contributed by atoms with Gasteiger partial charge in [0.2, 0.25) is 0 Å². The summed E-state index contributed by atoms with van der Waals surface area (Å²) >= 11 is 0. The van der Waals surface area contributed by atoms with Crippen LogP contribution in [0, 0.1) is 26.0 Å². The summed E-state index contributed by atoms with van der Waals surface area (Å²) in [6.45, 7) is 4.37. The van der Waals surface area contributed by atoms with Gasteiger partial charge in [-0.15, -0.1) is 16.5 Å². The normalized spacial score (nSPS) is 12.4. The van der Waals surface area contributed by atoms with Gasteiger partial charge < -0.3 is 4.57 Å². The molecular weight excluding hydrogens is 956 g/mol. The van der Waals surface area contributed by atoms with Crippen LogP contribution in [0.2, 0.25) is 0 Å². The third-order valence-electron chi connectivity index (χ3n) is 12.1. The number of rotatable bonds is 8. The molecule has 0 bridgehead atoms. The Morgan fingerprint density at radius 1 is 0.516 bits per heavy atom. The fraction of sp³-hybridized carbons (Fsp3) is 0.0364. The molecule has 3 heterocycles. The smallest absolute Gasteiger partial charge is 0.148 e. The molecule has 302 valence electrons. The fourth-order valence-electron chi connectivity index (χ4n) is 9.37. The molecule has 5 nitrogen and oxygen atoms in total. The summed E-state index contributed by atoms with van der Waals surface area (Å²) in [6, 6.07) is 79.5. The van der Waals surface area contributed by atoms with E-state index in [2.05, 4.69) is 213 Å². The third kappa shape index (κ3) is 6.42. The zero-order valence-corrected chi connectivity index (χ0v) is 37.5. The number of anilines is 4. The average molecular weight is 997 g/mol. The van der Waals surface area contributed by atoms with Gasteiger partial charge in [-0.3, -0.25) is 0 Å². The minimum Gasteiger partial charge on any atom is -0.319 e. The first-order valence-corrected chi connectivity index (χ1v) is 22.7. The number of para-hydroxylation sites is 4. The van der Waals surface area contributed by atoms with Crippen molar-refractivity contribution in [2.24, 2.45) is 0 Å². The molecule has 0 aliphatic carbocycles. The van der Waals surface area contributed by atoms with Crippen molar-refractivity contribution >= 4 is 73.4 Å². The van der Waals surface area contributed by atoms with Gasteiger partial charge >= 0.3 is 0 Å². The molecule has 0 saturated carbocycles. The number of nitrogens with zero attached hydrogens (tertiary/aromatic N) is 4. The van der Waals surface area contributed by atoms with E-state index in [1.165, 1.54) is 27.1 Å². The predicted molar refractivity (Wildman–Crippen MR) is 254 cm³/mol. The van der Waals surface area contributed by atoms with Crippen molar-refractivity contribution in [1.82, 2.24) is 9.55 Å². The van der Waals surface area contributed by atoms with Crippen LogP contribution < -0.4 is 30.9 Å². The second kappa shape index (κ2) is 16.2. The summed E-state index contributed by atoms with van der Waals surface area (Å²) in [5.74, 6) is 0.859. The van der Waals surface area contributed by atoms with E-state index in [0.29, 0.717) is 0 Å². The van der Waals surface area contributed by atoms with Gasteiger partial charge in [0.1, 0.15) is 31.0 Å². The van der Waals surface area contributed by atoms with Gasteiger partial charge in [0, 0.05) is 38.5 Å². The summed E-state index contributed by atoms with van der Waals surface area (Å²) in [5.41, 5.74) is 10.8. The van der Waals surface area contributed by atoms with Gasteiger partial charge in [-0.25, -0.2) is 4.98 Å². The van der Waals surface area contributed by atoms with Gasteiger partial charge in [-0.05, 0) is 94.3 Å². The molecule has 2 aromatic heterocycles. The minimum absolute atomic E-state index is 0. The van der Waals surface area contributed by atoms with Crippen LogP contribution >= 0.6 is 0 Å². The standard InChI is InChI=1S/C55H40N4OSi.Pt/c1-39-18-16-19-40(2)55(39)41-34-35-56-54(36-41)57-50-29-13-12-28-48(50)49-33-32-47(38-53(49)57)61(44-23-8-4-9-24-44,45-25-10-5-11-26-45)46-27-17-22-43(37-46)59-52-31-15-14-30-51(52)58(60-59)42-20-6-3-7-21-42;/h3-36H,1-2H3;/q-2;/p+1. The van der Waals surface area contributed by atoms with Crippen LogP contribution in [0.1, 0.15) is 11.1 Å². The molecule has 1 aliphatic heterocycles. The van der Waals surface area contributed by atoms with Crippen LogP contribution in [0.5, 0.6) is 0 Å². The van der Waals surface area contributed by atoms with E-state index in [4.69, 9.17) is 9.92 Å². The Morgan fingerprint density at radius 2 is 1.11 bits per heavy atom. The van der Waals surface area contributed by atoms with Crippen molar-refractivity contribution in [2.45, 2.75) is 13.8 Å². The van der Waals surface area contributed by atoms with E-state index in [1.54, 1.807) is 0 Å². The molecule has 0 radical (unpaired) electrons. The van der Waals surface area contributed by atoms with Gasteiger partial charge in [-0.2, -0.15) is 51.7 Å². The largest absolute Gasteiger partial charge is 0.319 e. The van der Waals surface area contributed by atoms with Crippen molar-refractivity contribution < 1.29 is 26.0 Å². The Balaban J connectivity index is 0.00000458. The Labute approximate surface area is 377 Å².